The van der Waals surface area contributed by atoms with Gasteiger partial charge in [-0.2, -0.15) is 10.2 Å². The van der Waals surface area contributed by atoms with Crippen molar-refractivity contribution in [3.8, 4) is 5.69 Å². The Balaban J connectivity index is 1.80. The number of aryl methyl sites for hydroxylation is 3. The number of anilines is 1. The van der Waals surface area contributed by atoms with E-state index in [0.717, 1.165) is 5.69 Å². The molecule has 0 radical (unpaired) electrons. The van der Waals surface area contributed by atoms with Crippen LogP contribution in [0.3, 0.4) is 0 Å². The number of carbonyl (C=O) groups is 2. The molecule has 2 heterocycles. The SMILES string of the molecule is Cc1nn(C)c(C)c1NC(=O)C(C)OC(=O)c1nn(-c2ccccc2)c(C)cc1=O. The van der Waals surface area contributed by atoms with E-state index in [0.29, 0.717) is 22.8 Å². The summed E-state index contributed by atoms with van der Waals surface area (Å²) < 4.78 is 8.33. The normalized spacial score (nSPS) is 11.8. The highest BCUT2D eigenvalue weighted by atomic mass is 16.5. The number of amides is 1. The number of aromatic nitrogens is 4. The van der Waals surface area contributed by atoms with Gasteiger partial charge in [0.15, 0.2) is 6.10 Å². The molecule has 1 aromatic carbocycles. The lowest BCUT2D eigenvalue weighted by Gasteiger charge is -2.14. The van der Waals surface area contributed by atoms with Gasteiger partial charge in [-0.3, -0.25) is 14.3 Å². The van der Waals surface area contributed by atoms with Crippen LogP contribution < -0.4 is 10.7 Å². The van der Waals surface area contributed by atoms with Crippen LogP contribution in [0.4, 0.5) is 5.69 Å². The molecule has 0 aliphatic carbocycles. The summed E-state index contributed by atoms with van der Waals surface area (Å²) in [5.41, 5.74) is 2.27. The molecule has 3 rings (SSSR count). The highest BCUT2D eigenvalue weighted by Crippen LogP contribution is 2.19. The highest BCUT2D eigenvalue weighted by Gasteiger charge is 2.24. The van der Waals surface area contributed by atoms with E-state index in [1.807, 2.05) is 25.1 Å². The maximum absolute atomic E-state index is 12.6. The summed E-state index contributed by atoms with van der Waals surface area (Å²) in [7, 11) is 1.77. The first-order chi connectivity index (χ1) is 14.2. The summed E-state index contributed by atoms with van der Waals surface area (Å²) in [5.74, 6) is -1.50. The summed E-state index contributed by atoms with van der Waals surface area (Å²) >= 11 is 0. The van der Waals surface area contributed by atoms with Gasteiger partial charge in [-0.25, -0.2) is 9.48 Å². The van der Waals surface area contributed by atoms with Crippen molar-refractivity contribution in [1.82, 2.24) is 19.6 Å². The van der Waals surface area contributed by atoms with Crippen molar-refractivity contribution < 1.29 is 14.3 Å². The van der Waals surface area contributed by atoms with Crippen LogP contribution in [-0.4, -0.2) is 37.5 Å². The van der Waals surface area contributed by atoms with E-state index in [1.54, 1.807) is 37.7 Å². The van der Waals surface area contributed by atoms with Gasteiger partial charge in [-0.05, 0) is 39.8 Å². The van der Waals surface area contributed by atoms with Crippen LogP contribution in [-0.2, 0) is 16.6 Å². The van der Waals surface area contributed by atoms with Crippen LogP contribution in [0.2, 0.25) is 0 Å². The smallest absolute Gasteiger partial charge is 0.363 e. The average molecular weight is 409 g/mol. The molecule has 1 amide bonds. The molecule has 2 aromatic heterocycles. The van der Waals surface area contributed by atoms with E-state index in [2.05, 4.69) is 15.5 Å². The number of nitrogens with zero attached hydrogens (tertiary/aromatic N) is 4. The number of rotatable bonds is 5. The fraction of sp³-hybridized carbons (Fsp3) is 0.286. The van der Waals surface area contributed by atoms with Gasteiger partial charge in [0.05, 0.1) is 22.8 Å². The molecule has 0 saturated carbocycles. The summed E-state index contributed by atoms with van der Waals surface area (Å²) in [6.07, 6.45) is -1.14. The molecule has 1 N–H and O–H groups in total. The molecule has 0 aliphatic rings. The first kappa shape index (κ1) is 21.0. The lowest BCUT2D eigenvalue weighted by molar-refractivity contribution is -0.123. The van der Waals surface area contributed by atoms with Gasteiger partial charge in [0, 0.05) is 18.8 Å². The number of hydrogen-bond acceptors (Lipinski definition) is 6. The Bertz CT molecular complexity index is 1160. The van der Waals surface area contributed by atoms with Gasteiger partial charge in [0.25, 0.3) is 5.91 Å². The standard InChI is InChI=1S/C21H23N5O4/c1-12-11-17(27)19(24-26(12)16-9-7-6-8-10-16)21(29)30-15(4)20(28)22-18-13(2)23-25(5)14(18)3/h6-11,15H,1-5H3,(H,22,28). The van der Waals surface area contributed by atoms with Crippen molar-refractivity contribution in [2.45, 2.75) is 33.8 Å². The third-order valence-corrected chi connectivity index (χ3v) is 4.71. The zero-order chi connectivity index (χ0) is 22.0. The van der Waals surface area contributed by atoms with E-state index in [9.17, 15) is 14.4 Å². The maximum Gasteiger partial charge on any atom is 0.363 e. The van der Waals surface area contributed by atoms with Crippen LogP contribution in [0.15, 0.2) is 41.2 Å². The van der Waals surface area contributed by atoms with Gasteiger partial charge in [0.1, 0.15) is 0 Å². The molecular weight excluding hydrogens is 386 g/mol. The number of hydrogen-bond donors (Lipinski definition) is 1. The molecule has 0 spiro atoms. The van der Waals surface area contributed by atoms with Crippen molar-refractivity contribution >= 4 is 17.6 Å². The van der Waals surface area contributed by atoms with Crippen LogP contribution in [0.5, 0.6) is 0 Å². The topological polar surface area (TPSA) is 108 Å². The Labute approximate surface area is 173 Å². The van der Waals surface area contributed by atoms with E-state index >= 15 is 0 Å². The van der Waals surface area contributed by atoms with Gasteiger partial charge in [-0.1, -0.05) is 18.2 Å². The molecule has 0 bridgehead atoms. The molecular formula is C21H23N5O4. The zero-order valence-electron chi connectivity index (χ0n) is 17.5. The second-order valence-corrected chi connectivity index (χ2v) is 6.95. The molecule has 0 fully saturated rings. The summed E-state index contributed by atoms with van der Waals surface area (Å²) in [4.78, 5) is 37.4. The molecule has 30 heavy (non-hydrogen) atoms. The van der Waals surface area contributed by atoms with Crippen molar-refractivity contribution in [2.24, 2.45) is 7.05 Å². The number of carbonyl (C=O) groups excluding carboxylic acids is 2. The van der Waals surface area contributed by atoms with Crippen molar-refractivity contribution in [1.29, 1.82) is 0 Å². The minimum absolute atomic E-state index is 0.391. The molecule has 1 unspecified atom stereocenters. The van der Waals surface area contributed by atoms with Crippen molar-refractivity contribution in [2.75, 3.05) is 5.32 Å². The van der Waals surface area contributed by atoms with Crippen LogP contribution in [0.1, 0.15) is 34.5 Å². The van der Waals surface area contributed by atoms with Crippen LogP contribution in [0, 0.1) is 20.8 Å². The minimum atomic E-state index is -1.14. The fourth-order valence-electron chi connectivity index (χ4n) is 2.97. The Morgan fingerprint density at radius 3 is 2.37 bits per heavy atom. The summed E-state index contributed by atoms with van der Waals surface area (Å²) in [6, 6.07) is 10.4. The largest absolute Gasteiger partial charge is 0.448 e. The Morgan fingerprint density at radius 2 is 1.77 bits per heavy atom. The van der Waals surface area contributed by atoms with Gasteiger partial charge in [-0.15, -0.1) is 0 Å². The van der Waals surface area contributed by atoms with E-state index < -0.39 is 29.1 Å². The highest BCUT2D eigenvalue weighted by molar-refractivity contribution is 5.97. The van der Waals surface area contributed by atoms with E-state index in [4.69, 9.17) is 4.74 Å². The number of esters is 1. The minimum Gasteiger partial charge on any atom is -0.448 e. The fourth-order valence-corrected chi connectivity index (χ4v) is 2.97. The number of para-hydroxylation sites is 1. The van der Waals surface area contributed by atoms with E-state index in [-0.39, 0.29) is 0 Å². The lowest BCUT2D eigenvalue weighted by atomic mass is 10.2. The Morgan fingerprint density at radius 1 is 1.10 bits per heavy atom. The molecule has 3 aromatic rings. The maximum atomic E-state index is 12.6. The van der Waals surface area contributed by atoms with Gasteiger partial charge in [0.2, 0.25) is 11.1 Å². The Hall–Kier alpha value is -3.75. The van der Waals surface area contributed by atoms with Gasteiger partial charge >= 0.3 is 5.97 Å². The third-order valence-electron chi connectivity index (χ3n) is 4.71. The molecule has 9 heteroatoms. The monoisotopic (exact) mass is 409 g/mol. The van der Waals surface area contributed by atoms with Crippen molar-refractivity contribution in [3.63, 3.8) is 0 Å². The first-order valence-corrected chi connectivity index (χ1v) is 9.37. The summed E-state index contributed by atoms with van der Waals surface area (Å²) in [6.45, 7) is 6.72. The zero-order valence-corrected chi connectivity index (χ0v) is 17.5. The number of nitrogens with one attached hydrogen (secondary N) is 1. The molecule has 1 atom stereocenters. The van der Waals surface area contributed by atoms with Crippen molar-refractivity contribution in [3.05, 3.63) is 69.4 Å². The number of ether oxygens (including phenoxy) is 1. The molecule has 156 valence electrons. The first-order valence-electron chi connectivity index (χ1n) is 9.37. The second kappa shape index (κ2) is 8.32. The van der Waals surface area contributed by atoms with Gasteiger partial charge < -0.3 is 10.1 Å². The predicted octanol–water partition coefficient (Wildman–Crippen LogP) is 2.08. The average Bonchev–Trinajstić information content (AvgIpc) is 2.94. The predicted molar refractivity (Wildman–Crippen MR) is 111 cm³/mol. The quantitative estimate of drug-likeness (QED) is 0.647. The third kappa shape index (κ3) is 4.14. The Kier molecular flexibility index (Phi) is 5.81. The van der Waals surface area contributed by atoms with Crippen LogP contribution in [0.25, 0.3) is 5.69 Å². The molecule has 9 nitrogen and oxygen atoms in total. The lowest BCUT2D eigenvalue weighted by Crippen LogP contribution is -2.33. The van der Waals surface area contributed by atoms with E-state index in [1.165, 1.54) is 17.7 Å². The molecule has 0 aliphatic heterocycles. The van der Waals surface area contributed by atoms with Crippen LogP contribution >= 0.6 is 0 Å². The number of benzene rings is 1. The summed E-state index contributed by atoms with van der Waals surface area (Å²) in [5, 5.41) is 11.1. The molecule has 0 saturated heterocycles. The second-order valence-electron chi connectivity index (χ2n) is 6.95.